The van der Waals surface area contributed by atoms with Crippen molar-refractivity contribution in [3.05, 3.63) is 0 Å². The normalized spacial score (nSPS) is 24.9. The topological polar surface area (TPSA) is 58.6 Å². The second-order valence-electron chi connectivity index (χ2n) is 7.54. The number of rotatable bonds is 7. The van der Waals surface area contributed by atoms with Crippen molar-refractivity contribution in [2.45, 2.75) is 72.0 Å². The number of methoxy groups -OCH3 is 1. The van der Waals surface area contributed by atoms with E-state index in [1.54, 1.807) is 7.11 Å². The van der Waals surface area contributed by atoms with Crippen LogP contribution in [0.5, 0.6) is 0 Å². The number of hydrogen-bond acceptors (Lipinski definition) is 3. The van der Waals surface area contributed by atoms with Gasteiger partial charge in [0, 0.05) is 25.5 Å². The van der Waals surface area contributed by atoms with Crippen molar-refractivity contribution in [1.29, 1.82) is 0 Å². The Hall–Kier alpha value is -0.610. The Labute approximate surface area is 129 Å². The molecule has 0 bridgehead atoms. The van der Waals surface area contributed by atoms with E-state index < -0.39 is 6.10 Å². The van der Waals surface area contributed by atoms with Gasteiger partial charge in [-0.2, -0.15) is 0 Å². The summed E-state index contributed by atoms with van der Waals surface area (Å²) in [7, 11) is 1.76. The van der Waals surface area contributed by atoms with Gasteiger partial charge >= 0.3 is 0 Å². The fraction of sp³-hybridized carbons (Fsp3) is 0.941. The third-order valence-corrected chi connectivity index (χ3v) is 4.77. The SMILES string of the molecule is COC1CCC(CC(=O)NCC(C)(C)C(O)C(C)C)CC1. The molecule has 0 heterocycles. The Bertz CT molecular complexity index is 320. The third-order valence-electron chi connectivity index (χ3n) is 4.77. The van der Waals surface area contributed by atoms with Crippen LogP contribution in [0.15, 0.2) is 0 Å². The van der Waals surface area contributed by atoms with Crippen LogP contribution in [0.2, 0.25) is 0 Å². The predicted octanol–water partition coefficient (Wildman–Crippen LogP) is 2.74. The zero-order chi connectivity index (χ0) is 16.0. The second-order valence-corrected chi connectivity index (χ2v) is 7.54. The van der Waals surface area contributed by atoms with E-state index in [-0.39, 0.29) is 17.2 Å². The van der Waals surface area contributed by atoms with Gasteiger partial charge in [-0.25, -0.2) is 0 Å². The molecule has 2 N–H and O–H groups in total. The van der Waals surface area contributed by atoms with Crippen molar-refractivity contribution in [2.75, 3.05) is 13.7 Å². The van der Waals surface area contributed by atoms with E-state index in [9.17, 15) is 9.90 Å². The summed E-state index contributed by atoms with van der Waals surface area (Å²) in [6, 6.07) is 0. The zero-order valence-electron chi connectivity index (χ0n) is 14.3. The number of hydrogen-bond donors (Lipinski definition) is 2. The first-order valence-corrected chi connectivity index (χ1v) is 8.23. The Morgan fingerprint density at radius 3 is 2.33 bits per heavy atom. The first-order valence-electron chi connectivity index (χ1n) is 8.23. The lowest BCUT2D eigenvalue weighted by Gasteiger charge is -2.33. The van der Waals surface area contributed by atoms with E-state index in [1.165, 1.54) is 0 Å². The molecule has 0 aromatic heterocycles. The molecule has 124 valence electrons. The Morgan fingerprint density at radius 1 is 1.29 bits per heavy atom. The quantitative estimate of drug-likeness (QED) is 0.760. The highest BCUT2D eigenvalue weighted by Crippen LogP contribution is 2.29. The Kier molecular flexibility index (Phi) is 7.14. The fourth-order valence-electron chi connectivity index (χ4n) is 3.24. The minimum atomic E-state index is -0.407. The van der Waals surface area contributed by atoms with E-state index in [4.69, 9.17) is 4.74 Å². The van der Waals surface area contributed by atoms with E-state index in [0.717, 1.165) is 25.7 Å². The smallest absolute Gasteiger partial charge is 0.220 e. The average molecular weight is 299 g/mol. The van der Waals surface area contributed by atoms with Crippen molar-refractivity contribution >= 4 is 5.91 Å². The van der Waals surface area contributed by atoms with Crippen molar-refractivity contribution in [3.8, 4) is 0 Å². The Morgan fingerprint density at radius 2 is 1.86 bits per heavy atom. The van der Waals surface area contributed by atoms with Gasteiger partial charge in [0.25, 0.3) is 0 Å². The van der Waals surface area contributed by atoms with Crippen LogP contribution in [0, 0.1) is 17.3 Å². The molecule has 1 aliphatic carbocycles. The number of aliphatic hydroxyl groups excluding tert-OH is 1. The highest BCUT2D eigenvalue weighted by atomic mass is 16.5. The highest BCUT2D eigenvalue weighted by molar-refractivity contribution is 5.76. The lowest BCUT2D eigenvalue weighted by atomic mass is 9.80. The van der Waals surface area contributed by atoms with Gasteiger partial charge in [-0.05, 0) is 37.5 Å². The number of amides is 1. The molecular weight excluding hydrogens is 266 g/mol. The van der Waals surface area contributed by atoms with Crippen LogP contribution in [0.1, 0.15) is 59.8 Å². The van der Waals surface area contributed by atoms with Crippen LogP contribution in [-0.2, 0) is 9.53 Å². The lowest BCUT2D eigenvalue weighted by molar-refractivity contribution is -0.123. The molecule has 4 heteroatoms. The number of carbonyl (C=O) groups excluding carboxylic acids is 1. The molecule has 1 rings (SSSR count). The van der Waals surface area contributed by atoms with Crippen molar-refractivity contribution in [2.24, 2.45) is 17.3 Å². The predicted molar refractivity (Wildman–Crippen MR) is 85.0 cm³/mol. The first kappa shape index (κ1) is 18.4. The molecule has 1 amide bonds. The molecule has 1 atom stereocenters. The van der Waals surface area contributed by atoms with Crippen LogP contribution in [0.3, 0.4) is 0 Å². The van der Waals surface area contributed by atoms with Crippen molar-refractivity contribution in [1.82, 2.24) is 5.32 Å². The van der Waals surface area contributed by atoms with Gasteiger partial charge in [-0.15, -0.1) is 0 Å². The number of carbonyl (C=O) groups is 1. The molecule has 1 fully saturated rings. The summed E-state index contributed by atoms with van der Waals surface area (Å²) in [5, 5.41) is 13.2. The standard InChI is InChI=1S/C17H33NO3/c1-12(2)16(20)17(3,4)11-18-15(19)10-13-6-8-14(21-5)9-7-13/h12-14,16,20H,6-11H2,1-5H3,(H,18,19). The molecule has 1 saturated carbocycles. The second kappa shape index (κ2) is 8.14. The van der Waals surface area contributed by atoms with Crippen LogP contribution in [-0.4, -0.2) is 36.9 Å². The number of aliphatic hydroxyl groups is 1. The molecule has 0 aromatic rings. The minimum absolute atomic E-state index is 0.111. The Balaban J connectivity index is 2.31. The summed E-state index contributed by atoms with van der Waals surface area (Å²) in [6.07, 6.45) is 4.84. The summed E-state index contributed by atoms with van der Waals surface area (Å²) < 4.78 is 5.36. The largest absolute Gasteiger partial charge is 0.392 e. The summed E-state index contributed by atoms with van der Waals surface area (Å²) in [4.78, 5) is 12.1. The maximum atomic E-state index is 12.1. The van der Waals surface area contributed by atoms with Gasteiger partial charge < -0.3 is 15.2 Å². The van der Waals surface area contributed by atoms with Crippen LogP contribution in [0.4, 0.5) is 0 Å². The highest BCUT2D eigenvalue weighted by Gasteiger charge is 2.31. The van der Waals surface area contributed by atoms with Crippen LogP contribution < -0.4 is 5.32 Å². The van der Waals surface area contributed by atoms with Crippen LogP contribution in [0.25, 0.3) is 0 Å². The summed E-state index contributed by atoms with van der Waals surface area (Å²) in [6.45, 7) is 8.53. The molecule has 0 radical (unpaired) electrons. The first-order chi connectivity index (χ1) is 9.76. The molecule has 1 aliphatic rings. The van der Waals surface area contributed by atoms with Crippen molar-refractivity contribution in [3.63, 3.8) is 0 Å². The summed E-state index contributed by atoms with van der Waals surface area (Å²) in [5.74, 6) is 0.788. The summed E-state index contributed by atoms with van der Waals surface area (Å²) >= 11 is 0. The lowest BCUT2D eigenvalue weighted by Crippen LogP contribution is -2.44. The van der Waals surface area contributed by atoms with Gasteiger partial charge in [-0.1, -0.05) is 27.7 Å². The monoisotopic (exact) mass is 299 g/mol. The van der Waals surface area contributed by atoms with E-state index in [1.807, 2.05) is 27.7 Å². The van der Waals surface area contributed by atoms with E-state index in [2.05, 4.69) is 5.32 Å². The molecule has 0 aliphatic heterocycles. The number of nitrogens with one attached hydrogen (secondary N) is 1. The molecule has 4 nitrogen and oxygen atoms in total. The van der Waals surface area contributed by atoms with E-state index >= 15 is 0 Å². The average Bonchev–Trinajstić information content (AvgIpc) is 2.45. The van der Waals surface area contributed by atoms with Crippen LogP contribution >= 0.6 is 0 Å². The van der Waals surface area contributed by atoms with E-state index in [0.29, 0.717) is 25.0 Å². The maximum Gasteiger partial charge on any atom is 0.220 e. The molecule has 0 aromatic carbocycles. The molecule has 21 heavy (non-hydrogen) atoms. The molecule has 0 saturated heterocycles. The van der Waals surface area contributed by atoms with Gasteiger partial charge in [0.2, 0.25) is 5.91 Å². The number of ether oxygens (including phenoxy) is 1. The van der Waals surface area contributed by atoms with Gasteiger partial charge in [0.05, 0.1) is 12.2 Å². The van der Waals surface area contributed by atoms with Gasteiger partial charge in [0.15, 0.2) is 0 Å². The van der Waals surface area contributed by atoms with Gasteiger partial charge in [0.1, 0.15) is 0 Å². The maximum absolute atomic E-state index is 12.1. The summed E-state index contributed by atoms with van der Waals surface area (Å²) in [5.41, 5.74) is -0.294. The van der Waals surface area contributed by atoms with Gasteiger partial charge in [-0.3, -0.25) is 4.79 Å². The minimum Gasteiger partial charge on any atom is -0.392 e. The molecule has 0 spiro atoms. The zero-order valence-corrected chi connectivity index (χ0v) is 14.3. The van der Waals surface area contributed by atoms with Crippen molar-refractivity contribution < 1.29 is 14.6 Å². The molecular formula is C17H33NO3. The molecule has 1 unspecified atom stereocenters. The third kappa shape index (κ3) is 5.95. The fourth-order valence-corrected chi connectivity index (χ4v) is 3.24.